The summed E-state index contributed by atoms with van der Waals surface area (Å²) in [5, 5.41) is 12.4. The average molecular weight is 308 g/mol. The summed E-state index contributed by atoms with van der Waals surface area (Å²) in [6.45, 7) is 3.03. The van der Waals surface area contributed by atoms with Gasteiger partial charge in [0.05, 0.1) is 10.7 Å². The molecule has 0 saturated heterocycles. The molecular weight excluding hydrogens is 286 g/mol. The third-order valence-electron chi connectivity index (χ3n) is 3.52. The zero-order chi connectivity index (χ0) is 15.1. The van der Waals surface area contributed by atoms with Crippen LogP contribution in [-0.2, 0) is 6.54 Å². The van der Waals surface area contributed by atoms with E-state index in [0.717, 1.165) is 18.5 Å². The monoisotopic (exact) mass is 307 g/mol. The molecular formula is C15H22ClN5. The van der Waals surface area contributed by atoms with E-state index in [1.54, 1.807) is 10.7 Å². The third-order valence-corrected chi connectivity index (χ3v) is 3.95. The van der Waals surface area contributed by atoms with Crippen molar-refractivity contribution in [3.05, 3.63) is 23.2 Å². The normalized spacial score (nSPS) is 11.0. The number of anilines is 1. The largest absolute Gasteiger partial charge is 0.398 e. The van der Waals surface area contributed by atoms with Crippen molar-refractivity contribution in [2.24, 2.45) is 0 Å². The molecule has 21 heavy (non-hydrogen) atoms. The minimum Gasteiger partial charge on any atom is -0.398 e. The second kappa shape index (κ2) is 7.98. The number of aryl methyl sites for hydroxylation is 1. The summed E-state index contributed by atoms with van der Waals surface area (Å²) in [7, 11) is 0. The van der Waals surface area contributed by atoms with Crippen LogP contribution in [0.25, 0.3) is 11.4 Å². The summed E-state index contributed by atoms with van der Waals surface area (Å²) in [4.78, 5) is 0. The van der Waals surface area contributed by atoms with Crippen molar-refractivity contribution >= 4 is 17.3 Å². The molecule has 0 aliphatic rings. The lowest BCUT2D eigenvalue weighted by Crippen LogP contribution is -2.04. The van der Waals surface area contributed by atoms with Crippen LogP contribution >= 0.6 is 11.6 Å². The molecule has 2 N–H and O–H groups in total. The molecule has 0 bridgehead atoms. The van der Waals surface area contributed by atoms with Crippen LogP contribution in [0.3, 0.4) is 0 Å². The lowest BCUT2D eigenvalue weighted by atomic mass is 10.1. The SMILES string of the molecule is CCCCCCCCn1nnnc1-c1cccc(N)c1Cl. The van der Waals surface area contributed by atoms with Gasteiger partial charge in [0.25, 0.3) is 0 Å². The topological polar surface area (TPSA) is 69.6 Å². The first-order valence-corrected chi connectivity index (χ1v) is 7.92. The highest BCUT2D eigenvalue weighted by Crippen LogP contribution is 2.30. The van der Waals surface area contributed by atoms with Crippen molar-refractivity contribution in [3.63, 3.8) is 0 Å². The molecule has 6 heteroatoms. The maximum Gasteiger partial charge on any atom is 0.183 e. The predicted molar refractivity (Wildman–Crippen MR) is 86.1 cm³/mol. The Morgan fingerprint density at radius 2 is 1.90 bits per heavy atom. The average Bonchev–Trinajstić information content (AvgIpc) is 2.94. The lowest BCUT2D eigenvalue weighted by Gasteiger charge is -2.07. The molecule has 1 aromatic heterocycles. The lowest BCUT2D eigenvalue weighted by molar-refractivity contribution is 0.519. The number of halogens is 1. The molecule has 0 spiro atoms. The summed E-state index contributed by atoms with van der Waals surface area (Å²) >= 11 is 6.24. The van der Waals surface area contributed by atoms with Crippen LogP contribution in [0.15, 0.2) is 18.2 Å². The number of nitrogens with two attached hydrogens (primary N) is 1. The Bertz CT molecular complexity index is 567. The van der Waals surface area contributed by atoms with E-state index in [9.17, 15) is 0 Å². The van der Waals surface area contributed by atoms with Crippen LogP contribution < -0.4 is 5.73 Å². The molecule has 0 saturated carbocycles. The summed E-state index contributed by atoms with van der Waals surface area (Å²) in [5.41, 5.74) is 7.16. The zero-order valence-electron chi connectivity index (χ0n) is 12.4. The minimum atomic E-state index is 0.511. The number of nitrogen functional groups attached to an aromatic ring is 1. The quantitative estimate of drug-likeness (QED) is 0.592. The molecule has 1 heterocycles. The van der Waals surface area contributed by atoms with Crippen molar-refractivity contribution in [2.75, 3.05) is 5.73 Å². The molecule has 114 valence electrons. The molecule has 2 aromatic rings. The van der Waals surface area contributed by atoms with Crippen LogP contribution in [0.1, 0.15) is 45.4 Å². The van der Waals surface area contributed by atoms with Crippen molar-refractivity contribution in [1.82, 2.24) is 20.2 Å². The van der Waals surface area contributed by atoms with Gasteiger partial charge in [-0.25, -0.2) is 4.68 Å². The number of aromatic nitrogens is 4. The second-order valence-corrected chi connectivity index (χ2v) is 5.58. The van der Waals surface area contributed by atoms with Gasteiger partial charge in [0, 0.05) is 12.1 Å². The van der Waals surface area contributed by atoms with Gasteiger partial charge in [0.2, 0.25) is 0 Å². The van der Waals surface area contributed by atoms with Gasteiger partial charge in [-0.1, -0.05) is 56.7 Å². The first-order valence-electron chi connectivity index (χ1n) is 7.54. The van der Waals surface area contributed by atoms with Crippen molar-refractivity contribution in [2.45, 2.75) is 52.0 Å². The number of benzene rings is 1. The van der Waals surface area contributed by atoms with E-state index in [1.807, 2.05) is 12.1 Å². The van der Waals surface area contributed by atoms with Gasteiger partial charge in [-0.3, -0.25) is 0 Å². The molecule has 5 nitrogen and oxygen atoms in total. The molecule has 0 fully saturated rings. The standard InChI is InChI=1S/C15H22ClN5/c1-2-3-4-5-6-7-11-21-15(18-19-20-21)12-9-8-10-13(17)14(12)16/h8-10H,2-7,11,17H2,1H3. The fraction of sp³-hybridized carbons (Fsp3) is 0.533. The van der Waals surface area contributed by atoms with Crippen LogP contribution in [0.5, 0.6) is 0 Å². The maximum absolute atomic E-state index is 6.24. The van der Waals surface area contributed by atoms with Crippen molar-refractivity contribution in [1.29, 1.82) is 0 Å². The Kier molecular flexibility index (Phi) is 5.99. The molecule has 0 aliphatic heterocycles. The van der Waals surface area contributed by atoms with Crippen LogP contribution in [0, 0.1) is 0 Å². The van der Waals surface area contributed by atoms with E-state index >= 15 is 0 Å². The third kappa shape index (κ3) is 4.17. The highest BCUT2D eigenvalue weighted by Gasteiger charge is 2.13. The minimum absolute atomic E-state index is 0.511. The number of nitrogens with zero attached hydrogens (tertiary/aromatic N) is 4. The van der Waals surface area contributed by atoms with Crippen LogP contribution in [0.2, 0.25) is 5.02 Å². The van der Waals surface area contributed by atoms with Crippen LogP contribution in [-0.4, -0.2) is 20.2 Å². The number of hydrogen-bond acceptors (Lipinski definition) is 4. The summed E-state index contributed by atoms with van der Waals surface area (Å²) < 4.78 is 1.81. The van der Waals surface area contributed by atoms with Gasteiger partial charge in [-0.05, 0) is 29.0 Å². The van der Waals surface area contributed by atoms with E-state index in [1.165, 1.54) is 32.1 Å². The fourth-order valence-corrected chi connectivity index (χ4v) is 2.52. The highest BCUT2D eigenvalue weighted by molar-refractivity contribution is 6.35. The fourth-order valence-electron chi connectivity index (χ4n) is 2.31. The number of rotatable bonds is 8. The molecule has 0 radical (unpaired) electrons. The Morgan fingerprint density at radius 3 is 2.71 bits per heavy atom. The van der Waals surface area contributed by atoms with Gasteiger partial charge < -0.3 is 5.73 Å². The van der Waals surface area contributed by atoms with Crippen molar-refractivity contribution in [3.8, 4) is 11.4 Å². The Morgan fingerprint density at radius 1 is 1.14 bits per heavy atom. The Balaban J connectivity index is 1.97. The molecule has 0 unspecified atom stereocenters. The van der Waals surface area contributed by atoms with Gasteiger partial charge in [0.1, 0.15) is 0 Å². The van der Waals surface area contributed by atoms with Gasteiger partial charge >= 0.3 is 0 Å². The number of tetrazole rings is 1. The van der Waals surface area contributed by atoms with Gasteiger partial charge in [0.15, 0.2) is 5.82 Å². The number of unbranched alkanes of at least 4 members (excludes halogenated alkanes) is 5. The summed E-state index contributed by atoms with van der Waals surface area (Å²) in [6, 6.07) is 5.52. The molecule has 2 rings (SSSR count). The van der Waals surface area contributed by atoms with Gasteiger partial charge in [-0.2, -0.15) is 0 Å². The van der Waals surface area contributed by atoms with E-state index in [-0.39, 0.29) is 0 Å². The number of hydrogen-bond donors (Lipinski definition) is 1. The summed E-state index contributed by atoms with van der Waals surface area (Å²) in [5.74, 6) is 0.681. The predicted octanol–water partition coefficient (Wildman–Crippen LogP) is 3.94. The highest BCUT2D eigenvalue weighted by atomic mass is 35.5. The van der Waals surface area contributed by atoms with Crippen molar-refractivity contribution < 1.29 is 0 Å². The molecule has 0 atom stereocenters. The Labute approximate surface area is 130 Å². The molecule has 1 aromatic carbocycles. The second-order valence-electron chi connectivity index (χ2n) is 5.20. The van der Waals surface area contributed by atoms with E-state index in [2.05, 4.69) is 22.4 Å². The maximum atomic E-state index is 6.24. The molecule has 0 aliphatic carbocycles. The molecule has 0 amide bonds. The Hall–Kier alpha value is -1.62. The van der Waals surface area contributed by atoms with Gasteiger partial charge in [-0.15, -0.1) is 5.10 Å². The first kappa shape index (κ1) is 15.8. The first-order chi connectivity index (χ1) is 10.2. The van der Waals surface area contributed by atoms with E-state index in [0.29, 0.717) is 16.5 Å². The zero-order valence-corrected chi connectivity index (χ0v) is 13.2. The summed E-state index contributed by atoms with van der Waals surface area (Å²) in [6.07, 6.45) is 7.43. The van der Waals surface area contributed by atoms with Crippen LogP contribution in [0.4, 0.5) is 5.69 Å². The van der Waals surface area contributed by atoms with E-state index in [4.69, 9.17) is 17.3 Å². The smallest absolute Gasteiger partial charge is 0.183 e. The van der Waals surface area contributed by atoms with E-state index < -0.39 is 0 Å².